The third kappa shape index (κ3) is 3.51. The SMILES string of the molecule is CCCCCCCC(=O)NC(C)C12CC3CC(CC(C3)C1)C2. The number of nitrogens with one attached hydrogen (secondary N) is 1. The summed E-state index contributed by atoms with van der Waals surface area (Å²) in [6.07, 6.45) is 15.5. The van der Waals surface area contributed by atoms with Crippen molar-refractivity contribution in [2.75, 3.05) is 0 Å². The molecule has 2 nitrogen and oxygen atoms in total. The molecule has 126 valence electrons. The highest BCUT2D eigenvalue weighted by Gasteiger charge is 2.53. The average molecular weight is 306 g/mol. The van der Waals surface area contributed by atoms with Crippen LogP contribution in [0.4, 0.5) is 0 Å². The van der Waals surface area contributed by atoms with Crippen LogP contribution in [-0.2, 0) is 4.79 Å². The van der Waals surface area contributed by atoms with Gasteiger partial charge in [-0.15, -0.1) is 0 Å². The van der Waals surface area contributed by atoms with Crippen LogP contribution in [-0.4, -0.2) is 11.9 Å². The monoisotopic (exact) mass is 305 g/mol. The number of unbranched alkanes of at least 4 members (excludes halogenated alkanes) is 4. The van der Waals surface area contributed by atoms with Crippen LogP contribution in [0.5, 0.6) is 0 Å². The Morgan fingerprint density at radius 2 is 1.55 bits per heavy atom. The summed E-state index contributed by atoms with van der Waals surface area (Å²) < 4.78 is 0. The Morgan fingerprint density at radius 3 is 2.09 bits per heavy atom. The van der Waals surface area contributed by atoms with Gasteiger partial charge in [-0.05, 0) is 75.0 Å². The summed E-state index contributed by atoms with van der Waals surface area (Å²) in [5.41, 5.74) is 0.451. The first-order valence-electron chi connectivity index (χ1n) is 9.90. The van der Waals surface area contributed by atoms with E-state index in [-0.39, 0.29) is 0 Å². The number of hydrogen-bond acceptors (Lipinski definition) is 1. The highest BCUT2D eigenvalue weighted by Crippen LogP contribution is 2.61. The van der Waals surface area contributed by atoms with Crippen molar-refractivity contribution in [1.29, 1.82) is 0 Å². The van der Waals surface area contributed by atoms with E-state index in [1.54, 1.807) is 0 Å². The second-order valence-electron chi connectivity index (χ2n) is 8.73. The average Bonchev–Trinajstić information content (AvgIpc) is 2.45. The molecule has 0 heterocycles. The van der Waals surface area contributed by atoms with Crippen LogP contribution in [0.3, 0.4) is 0 Å². The van der Waals surface area contributed by atoms with Gasteiger partial charge in [0.05, 0.1) is 0 Å². The van der Waals surface area contributed by atoms with E-state index in [1.807, 2.05) is 0 Å². The van der Waals surface area contributed by atoms with E-state index in [2.05, 4.69) is 19.2 Å². The maximum atomic E-state index is 12.3. The van der Waals surface area contributed by atoms with E-state index in [4.69, 9.17) is 0 Å². The third-order valence-electron chi connectivity index (χ3n) is 6.89. The van der Waals surface area contributed by atoms with Gasteiger partial charge in [-0.2, -0.15) is 0 Å². The molecule has 0 radical (unpaired) electrons. The van der Waals surface area contributed by atoms with Crippen LogP contribution in [0, 0.1) is 23.2 Å². The molecule has 0 aromatic heterocycles. The fourth-order valence-electron chi connectivity index (χ4n) is 6.06. The van der Waals surface area contributed by atoms with Gasteiger partial charge in [-0.3, -0.25) is 4.79 Å². The molecule has 4 aliphatic carbocycles. The van der Waals surface area contributed by atoms with Crippen molar-refractivity contribution >= 4 is 5.91 Å². The second kappa shape index (κ2) is 6.93. The second-order valence-corrected chi connectivity index (χ2v) is 8.73. The fourth-order valence-corrected chi connectivity index (χ4v) is 6.06. The van der Waals surface area contributed by atoms with Crippen LogP contribution >= 0.6 is 0 Å². The maximum absolute atomic E-state index is 12.3. The molecule has 4 aliphatic rings. The lowest BCUT2D eigenvalue weighted by Crippen LogP contribution is -2.55. The number of hydrogen-bond donors (Lipinski definition) is 1. The van der Waals surface area contributed by atoms with Crippen molar-refractivity contribution in [3.05, 3.63) is 0 Å². The molecule has 1 unspecified atom stereocenters. The molecule has 4 fully saturated rings. The summed E-state index contributed by atoms with van der Waals surface area (Å²) in [6.45, 7) is 4.53. The molecule has 0 aromatic carbocycles. The number of carbonyl (C=O) groups excluding carboxylic acids is 1. The zero-order valence-corrected chi connectivity index (χ0v) is 14.7. The highest BCUT2D eigenvalue weighted by molar-refractivity contribution is 5.76. The minimum atomic E-state index is 0.305. The van der Waals surface area contributed by atoms with E-state index in [1.165, 1.54) is 64.2 Å². The van der Waals surface area contributed by atoms with Crippen molar-refractivity contribution < 1.29 is 4.79 Å². The van der Waals surface area contributed by atoms with Crippen LogP contribution in [0.25, 0.3) is 0 Å². The zero-order valence-electron chi connectivity index (χ0n) is 14.7. The quantitative estimate of drug-likeness (QED) is 0.623. The van der Waals surface area contributed by atoms with E-state index in [9.17, 15) is 4.79 Å². The lowest BCUT2D eigenvalue weighted by Gasteiger charge is -2.59. The molecule has 22 heavy (non-hydrogen) atoms. The van der Waals surface area contributed by atoms with Crippen LogP contribution in [0.1, 0.15) is 90.9 Å². The predicted octanol–water partition coefficient (Wildman–Crippen LogP) is 5.07. The summed E-state index contributed by atoms with van der Waals surface area (Å²) >= 11 is 0. The van der Waals surface area contributed by atoms with Gasteiger partial charge >= 0.3 is 0 Å². The predicted molar refractivity (Wildman–Crippen MR) is 91.6 cm³/mol. The van der Waals surface area contributed by atoms with Gasteiger partial charge in [-0.1, -0.05) is 32.6 Å². The highest BCUT2D eigenvalue weighted by atomic mass is 16.1. The summed E-state index contributed by atoms with van der Waals surface area (Å²) in [5.74, 6) is 3.22. The van der Waals surface area contributed by atoms with Crippen molar-refractivity contribution in [2.24, 2.45) is 23.2 Å². The summed E-state index contributed by atoms with van der Waals surface area (Å²) in [7, 11) is 0. The minimum Gasteiger partial charge on any atom is -0.353 e. The lowest BCUT2D eigenvalue weighted by atomic mass is 9.48. The van der Waals surface area contributed by atoms with Gasteiger partial charge < -0.3 is 5.32 Å². The molecule has 1 atom stereocenters. The molecule has 2 heteroatoms. The zero-order chi connectivity index (χ0) is 15.6. The molecular formula is C20H35NO. The molecule has 1 N–H and O–H groups in total. The van der Waals surface area contributed by atoms with Gasteiger partial charge in [0.1, 0.15) is 0 Å². The van der Waals surface area contributed by atoms with Crippen LogP contribution in [0.15, 0.2) is 0 Å². The topological polar surface area (TPSA) is 29.1 Å². The van der Waals surface area contributed by atoms with E-state index < -0.39 is 0 Å². The van der Waals surface area contributed by atoms with E-state index in [0.29, 0.717) is 17.4 Å². The van der Waals surface area contributed by atoms with Crippen molar-refractivity contribution in [2.45, 2.75) is 96.9 Å². The first kappa shape index (κ1) is 16.3. The molecule has 0 saturated heterocycles. The largest absolute Gasteiger partial charge is 0.353 e. The molecule has 0 aliphatic heterocycles. The van der Waals surface area contributed by atoms with Gasteiger partial charge in [0.15, 0.2) is 0 Å². The van der Waals surface area contributed by atoms with E-state index in [0.717, 1.165) is 30.6 Å². The fraction of sp³-hybridized carbons (Fsp3) is 0.950. The smallest absolute Gasteiger partial charge is 0.220 e. The van der Waals surface area contributed by atoms with Gasteiger partial charge in [-0.25, -0.2) is 0 Å². The normalized spacial score (nSPS) is 37.3. The first-order valence-corrected chi connectivity index (χ1v) is 9.90. The van der Waals surface area contributed by atoms with Crippen molar-refractivity contribution in [1.82, 2.24) is 5.32 Å². The van der Waals surface area contributed by atoms with Crippen molar-refractivity contribution in [3.63, 3.8) is 0 Å². The summed E-state index contributed by atoms with van der Waals surface area (Å²) in [6, 6.07) is 0.393. The molecule has 4 saturated carbocycles. The molecular weight excluding hydrogens is 270 g/mol. The first-order chi connectivity index (χ1) is 10.6. The lowest BCUT2D eigenvalue weighted by molar-refractivity contribution is -0.126. The Morgan fingerprint density at radius 1 is 1.00 bits per heavy atom. The number of amides is 1. The van der Waals surface area contributed by atoms with Crippen LogP contribution in [0.2, 0.25) is 0 Å². The number of rotatable bonds is 8. The standard InChI is InChI=1S/C20H35NO/c1-3-4-5-6-7-8-19(22)21-15(2)20-12-16-9-17(13-20)11-18(10-16)14-20/h15-18H,3-14H2,1-2H3,(H,21,22). The molecule has 0 spiro atoms. The van der Waals surface area contributed by atoms with Gasteiger partial charge in [0, 0.05) is 12.5 Å². The Labute approximate surface area is 136 Å². The Balaban J connectivity index is 1.45. The van der Waals surface area contributed by atoms with Crippen molar-refractivity contribution in [3.8, 4) is 0 Å². The Hall–Kier alpha value is -0.530. The molecule has 1 amide bonds. The Kier molecular flexibility index (Phi) is 5.14. The minimum absolute atomic E-state index is 0.305. The van der Waals surface area contributed by atoms with Gasteiger partial charge in [0.2, 0.25) is 5.91 Å². The summed E-state index contributed by atoms with van der Waals surface area (Å²) in [4.78, 5) is 12.3. The molecule has 4 rings (SSSR count). The number of carbonyl (C=O) groups is 1. The van der Waals surface area contributed by atoms with E-state index >= 15 is 0 Å². The van der Waals surface area contributed by atoms with Gasteiger partial charge in [0.25, 0.3) is 0 Å². The molecule has 0 aromatic rings. The third-order valence-corrected chi connectivity index (χ3v) is 6.89. The Bertz CT molecular complexity index is 354. The molecule has 4 bridgehead atoms. The maximum Gasteiger partial charge on any atom is 0.220 e. The summed E-state index contributed by atoms with van der Waals surface area (Å²) in [5, 5.41) is 3.39. The van der Waals surface area contributed by atoms with Crippen LogP contribution < -0.4 is 5.32 Å².